The van der Waals surface area contributed by atoms with Gasteiger partial charge in [0.2, 0.25) is 5.88 Å². The minimum Gasteiger partial charge on any atom is -0.476 e. The first-order valence-corrected chi connectivity index (χ1v) is 12.6. The zero-order chi connectivity index (χ0) is 23.3. The molecule has 2 N–H and O–H groups in total. The van der Waals surface area contributed by atoms with Crippen molar-refractivity contribution >= 4 is 29.7 Å². The number of halogens is 1. The summed E-state index contributed by atoms with van der Waals surface area (Å²) in [6.07, 6.45) is 7.69. The molecule has 0 atom stereocenters. The van der Waals surface area contributed by atoms with E-state index in [1.54, 1.807) is 0 Å². The van der Waals surface area contributed by atoms with E-state index in [-0.39, 0.29) is 12.4 Å². The Morgan fingerprint density at radius 3 is 2.63 bits per heavy atom. The fraction of sp³-hybridized carbons (Fsp3) is 0.600. The Labute approximate surface area is 211 Å². The van der Waals surface area contributed by atoms with Crippen LogP contribution in [0.1, 0.15) is 63.3 Å². The average Bonchev–Trinajstić information content (AvgIpc) is 3.50. The van der Waals surface area contributed by atoms with E-state index in [4.69, 9.17) is 19.8 Å². The van der Waals surface area contributed by atoms with E-state index >= 15 is 0 Å². The van der Waals surface area contributed by atoms with E-state index in [1.165, 1.54) is 12.8 Å². The van der Waals surface area contributed by atoms with Gasteiger partial charge in [-0.3, -0.25) is 0 Å². The van der Waals surface area contributed by atoms with Gasteiger partial charge in [-0.1, -0.05) is 0 Å². The van der Waals surface area contributed by atoms with E-state index < -0.39 is 5.60 Å². The zero-order valence-corrected chi connectivity index (χ0v) is 21.3. The van der Waals surface area contributed by atoms with Gasteiger partial charge >= 0.3 is 0 Å². The summed E-state index contributed by atoms with van der Waals surface area (Å²) in [6, 6.07) is 4.44. The molecule has 6 rings (SSSR count). The highest BCUT2D eigenvalue weighted by molar-refractivity contribution is 5.85. The van der Waals surface area contributed by atoms with E-state index in [9.17, 15) is 5.11 Å². The van der Waals surface area contributed by atoms with Crippen molar-refractivity contribution in [1.82, 2.24) is 24.6 Å². The molecule has 35 heavy (non-hydrogen) atoms. The second-order valence-electron chi connectivity index (χ2n) is 10.3. The lowest BCUT2D eigenvalue weighted by Gasteiger charge is -2.34. The second-order valence-corrected chi connectivity index (χ2v) is 10.3. The minimum absolute atomic E-state index is 0. The van der Waals surface area contributed by atoms with E-state index in [0.29, 0.717) is 18.5 Å². The summed E-state index contributed by atoms with van der Waals surface area (Å²) in [5, 5.41) is 19.0. The standard InChI is InChI=1S/C25H33N7O2.ClH/c1-16-23(28-18-6-5-13-34-24(18)26-16)19-14-21-29-20(31-11-3-4-12-31)15-22(32(21)30-19)27-17-7-9-25(2,33)10-8-17;/h14-15,17,27,33H,3-13H2,1-2H3;1H/t17-,25-;. The highest BCUT2D eigenvalue weighted by atomic mass is 35.5. The first kappa shape index (κ1) is 24.1. The third-order valence-corrected chi connectivity index (χ3v) is 7.40. The van der Waals surface area contributed by atoms with Crippen LogP contribution in [-0.4, -0.2) is 61.0 Å². The van der Waals surface area contributed by atoms with Gasteiger partial charge in [0.15, 0.2) is 5.65 Å². The van der Waals surface area contributed by atoms with Gasteiger partial charge in [-0.15, -0.1) is 12.4 Å². The molecule has 3 aromatic heterocycles. The van der Waals surface area contributed by atoms with Crippen molar-refractivity contribution in [2.45, 2.75) is 76.9 Å². The van der Waals surface area contributed by atoms with Crippen LogP contribution in [0.3, 0.4) is 0 Å². The van der Waals surface area contributed by atoms with Gasteiger partial charge in [-0.2, -0.15) is 9.61 Å². The first-order chi connectivity index (χ1) is 16.4. The Bertz CT molecular complexity index is 1210. The number of fused-ring (bicyclic) bond motifs is 2. The second kappa shape index (κ2) is 9.43. The maximum absolute atomic E-state index is 10.4. The van der Waals surface area contributed by atoms with Gasteiger partial charge in [0.25, 0.3) is 0 Å². The van der Waals surface area contributed by atoms with Crippen LogP contribution in [0.4, 0.5) is 11.6 Å². The highest BCUT2D eigenvalue weighted by Gasteiger charge is 2.29. The maximum Gasteiger partial charge on any atom is 0.235 e. The Kier molecular flexibility index (Phi) is 6.48. The fourth-order valence-corrected chi connectivity index (χ4v) is 5.34. The number of hydrogen-bond donors (Lipinski definition) is 2. The molecule has 0 bridgehead atoms. The summed E-state index contributed by atoms with van der Waals surface area (Å²) in [5.74, 6) is 2.58. The summed E-state index contributed by atoms with van der Waals surface area (Å²) in [4.78, 5) is 16.9. The first-order valence-electron chi connectivity index (χ1n) is 12.6. The highest BCUT2D eigenvalue weighted by Crippen LogP contribution is 2.32. The van der Waals surface area contributed by atoms with Crippen molar-refractivity contribution in [2.24, 2.45) is 0 Å². The van der Waals surface area contributed by atoms with Crippen molar-refractivity contribution in [2.75, 3.05) is 29.9 Å². The fourth-order valence-electron chi connectivity index (χ4n) is 5.34. The lowest BCUT2D eigenvalue weighted by atomic mass is 9.84. The molecule has 5 heterocycles. The molecule has 2 fully saturated rings. The number of nitrogens with one attached hydrogen (secondary N) is 1. The normalized spacial score (nSPS) is 24.1. The van der Waals surface area contributed by atoms with Crippen LogP contribution < -0.4 is 15.0 Å². The number of hydrogen-bond acceptors (Lipinski definition) is 8. The Hall–Kier alpha value is -2.65. The van der Waals surface area contributed by atoms with Crippen LogP contribution in [0, 0.1) is 6.92 Å². The monoisotopic (exact) mass is 499 g/mol. The molecular formula is C25H34ClN7O2. The van der Waals surface area contributed by atoms with Crippen LogP contribution in [0.25, 0.3) is 17.0 Å². The molecule has 9 nitrogen and oxygen atoms in total. The lowest BCUT2D eigenvalue weighted by molar-refractivity contribution is 0.0196. The number of aliphatic hydroxyl groups is 1. The molecule has 188 valence electrons. The van der Waals surface area contributed by atoms with Crippen LogP contribution in [-0.2, 0) is 6.42 Å². The molecule has 3 aliphatic rings. The molecule has 0 unspecified atom stereocenters. The van der Waals surface area contributed by atoms with Crippen molar-refractivity contribution in [1.29, 1.82) is 0 Å². The number of ether oxygens (including phenoxy) is 1. The van der Waals surface area contributed by atoms with Crippen molar-refractivity contribution in [3.63, 3.8) is 0 Å². The summed E-state index contributed by atoms with van der Waals surface area (Å²) < 4.78 is 7.60. The van der Waals surface area contributed by atoms with Gasteiger partial charge in [-0.25, -0.2) is 15.0 Å². The van der Waals surface area contributed by atoms with E-state index in [0.717, 1.165) is 91.7 Å². The molecule has 0 aromatic carbocycles. The molecule has 1 aliphatic carbocycles. The predicted octanol–water partition coefficient (Wildman–Crippen LogP) is 3.95. The average molecular weight is 500 g/mol. The van der Waals surface area contributed by atoms with Gasteiger partial charge in [0.1, 0.15) is 28.7 Å². The molecule has 2 aliphatic heterocycles. The number of aromatic nitrogens is 5. The van der Waals surface area contributed by atoms with Crippen molar-refractivity contribution < 1.29 is 9.84 Å². The van der Waals surface area contributed by atoms with Crippen LogP contribution in [0.2, 0.25) is 0 Å². The SMILES string of the molecule is Cc1nc2c(nc1-c1cc3nc(N4CCCC4)cc(N[C@H]4CC[C@](C)(O)CC4)n3n1)CCCO2.Cl. The zero-order valence-electron chi connectivity index (χ0n) is 20.5. The molecule has 0 spiro atoms. The smallest absolute Gasteiger partial charge is 0.235 e. The largest absolute Gasteiger partial charge is 0.476 e. The Morgan fingerprint density at radius 1 is 1.09 bits per heavy atom. The van der Waals surface area contributed by atoms with Crippen LogP contribution in [0.5, 0.6) is 5.88 Å². The summed E-state index contributed by atoms with van der Waals surface area (Å²) in [5.41, 5.74) is 3.53. The lowest BCUT2D eigenvalue weighted by Crippen LogP contribution is -2.36. The van der Waals surface area contributed by atoms with Gasteiger partial charge in [0, 0.05) is 31.3 Å². The summed E-state index contributed by atoms with van der Waals surface area (Å²) in [7, 11) is 0. The van der Waals surface area contributed by atoms with Gasteiger partial charge < -0.3 is 20.1 Å². The number of nitrogens with zero attached hydrogens (tertiary/aromatic N) is 6. The van der Waals surface area contributed by atoms with Crippen molar-refractivity contribution in [3.05, 3.63) is 23.5 Å². The quantitative estimate of drug-likeness (QED) is 0.556. The van der Waals surface area contributed by atoms with Gasteiger partial charge in [0.05, 0.1) is 17.9 Å². The number of rotatable bonds is 4. The third-order valence-electron chi connectivity index (χ3n) is 7.40. The van der Waals surface area contributed by atoms with Crippen LogP contribution >= 0.6 is 12.4 Å². The molecule has 3 aromatic rings. The number of anilines is 2. The van der Waals surface area contributed by atoms with Crippen LogP contribution in [0.15, 0.2) is 12.1 Å². The molecule has 0 radical (unpaired) electrons. The van der Waals surface area contributed by atoms with Gasteiger partial charge in [-0.05, 0) is 65.2 Å². The molecule has 0 amide bonds. The molecule has 1 saturated heterocycles. The van der Waals surface area contributed by atoms with Crippen molar-refractivity contribution in [3.8, 4) is 17.3 Å². The summed E-state index contributed by atoms with van der Waals surface area (Å²) in [6.45, 7) is 6.66. The third kappa shape index (κ3) is 4.76. The molecular weight excluding hydrogens is 466 g/mol. The maximum atomic E-state index is 10.4. The molecule has 10 heteroatoms. The van der Waals surface area contributed by atoms with E-state index in [1.807, 2.05) is 24.4 Å². The summed E-state index contributed by atoms with van der Waals surface area (Å²) >= 11 is 0. The molecule has 1 saturated carbocycles. The predicted molar refractivity (Wildman–Crippen MR) is 138 cm³/mol. The number of aryl methyl sites for hydroxylation is 2. The topological polar surface area (TPSA) is 101 Å². The van der Waals surface area contributed by atoms with E-state index in [2.05, 4.69) is 21.3 Å². The Morgan fingerprint density at radius 2 is 1.86 bits per heavy atom. The Balaban J connectivity index is 0.00000253. The minimum atomic E-state index is -0.558.